The minimum atomic E-state index is -3.24. The number of nitrogens with two attached hydrogens (primary N) is 1. The molecular weight excluding hydrogens is 274 g/mol. The molecule has 0 fully saturated rings. The molecule has 0 saturated carbocycles. The van der Waals surface area contributed by atoms with E-state index in [2.05, 4.69) is 10.4 Å². The highest BCUT2D eigenvalue weighted by molar-refractivity contribution is 7.90. The molecular formula is C14H17N3O2S. The van der Waals surface area contributed by atoms with Crippen molar-refractivity contribution in [3.8, 4) is 0 Å². The monoisotopic (exact) mass is 291 g/mol. The number of rotatable bonds is 4. The Labute approximate surface area is 118 Å². The Kier molecular flexibility index (Phi) is 4.17. The van der Waals surface area contributed by atoms with E-state index in [1.165, 1.54) is 6.26 Å². The number of aromatic nitrogens is 1. The summed E-state index contributed by atoms with van der Waals surface area (Å²) in [6.45, 7) is 1.94. The van der Waals surface area contributed by atoms with Gasteiger partial charge in [0.1, 0.15) is 0 Å². The lowest BCUT2D eigenvalue weighted by Gasteiger charge is -2.17. The fourth-order valence-electron chi connectivity index (χ4n) is 2.05. The van der Waals surface area contributed by atoms with Gasteiger partial charge in [-0.3, -0.25) is 10.8 Å². The number of hydrazine groups is 1. The average molecular weight is 291 g/mol. The number of hydrogen-bond donors (Lipinski definition) is 2. The third-order valence-electron chi connectivity index (χ3n) is 3.02. The Morgan fingerprint density at radius 3 is 2.55 bits per heavy atom. The van der Waals surface area contributed by atoms with E-state index in [0.29, 0.717) is 0 Å². The van der Waals surface area contributed by atoms with Crippen LogP contribution >= 0.6 is 0 Å². The molecule has 0 saturated heterocycles. The highest BCUT2D eigenvalue weighted by Gasteiger charge is 2.15. The van der Waals surface area contributed by atoms with Gasteiger partial charge in [-0.1, -0.05) is 18.2 Å². The van der Waals surface area contributed by atoms with Crippen molar-refractivity contribution in [1.29, 1.82) is 0 Å². The summed E-state index contributed by atoms with van der Waals surface area (Å²) in [5, 5.41) is 0. The Balaban J connectivity index is 2.48. The van der Waals surface area contributed by atoms with E-state index in [9.17, 15) is 8.42 Å². The molecule has 106 valence electrons. The molecule has 1 aromatic heterocycles. The zero-order valence-corrected chi connectivity index (χ0v) is 12.2. The van der Waals surface area contributed by atoms with Crippen LogP contribution in [0.2, 0.25) is 0 Å². The summed E-state index contributed by atoms with van der Waals surface area (Å²) in [6.07, 6.45) is 4.65. The second-order valence-electron chi connectivity index (χ2n) is 4.74. The lowest BCUT2D eigenvalue weighted by molar-refractivity contribution is 0.600. The summed E-state index contributed by atoms with van der Waals surface area (Å²) in [7, 11) is -3.24. The van der Waals surface area contributed by atoms with Crippen LogP contribution in [0, 0.1) is 6.92 Å². The summed E-state index contributed by atoms with van der Waals surface area (Å²) < 4.78 is 23.2. The summed E-state index contributed by atoms with van der Waals surface area (Å²) in [6, 6.07) is 8.40. The van der Waals surface area contributed by atoms with Crippen LogP contribution in [0.4, 0.5) is 0 Å². The largest absolute Gasteiger partial charge is 0.271 e. The van der Waals surface area contributed by atoms with Crippen molar-refractivity contribution in [2.45, 2.75) is 17.9 Å². The molecule has 0 radical (unpaired) electrons. The van der Waals surface area contributed by atoms with E-state index in [0.717, 1.165) is 16.7 Å². The van der Waals surface area contributed by atoms with Gasteiger partial charge in [0.15, 0.2) is 9.84 Å². The fourth-order valence-corrected chi connectivity index (χ4v) is 2.72. The van der Waals surface area contributed by atoms with E-state index in [-0.39, 0.29) is 10.9 Å². The molecule has 3 N–H and O–H groups in total. The van der Waals surface area contributed by atoms with E-state index < -0.39 is 9.84 Å². The van der Waals surface area contributed by atoms with Crippen LogP contribution in [-0.2, 0) is 9.84 Å². The third-order valence-corrected chi connectivity index (χ3v) is 4.13. The molecule has 2 rings (SSSR count). The lowest BCUT2D eigenvalue weighted by atomic mass is 10.00. The number of nitrogens with one attached hydrogen (secondary N) is 1. The van der Waals surface area contributed by atoms with E-state index >= 15 is 0 Å². The number of benzene rings is 1. The summed E-state index contributed by atoms with van der Waals surface area (Å²) in [5.74, 6) is 5.62. The molecule has 6 heteroatoms. The van der Waals surface area contributed by atoms with Gasteiger partial charge in [-0.15, -0.1) is 0 Å². The topological polar surface area (TPSA) is 85.1 Å². The van der Waals surface area contributed by atoms with E-state index in [4.69, 9.17) is 5.84 Å². The second-order valence-corrected chi connectivity index (χ2v) is 6.76. The average Bonchev–Trinajstić information content (AvgIpc) is 2.39. The molecule has 2 aromatic rings. The molecule has 0 spiro atoms. The fraction of sp³-hybridized carbons (Fsp3) is 0.214. The van der Waals surface area contributed by atoms with Gasteiger partial charge in [-0.25, -0.2) is 13.8 Å². The first kappa shape index (κ1) is 14.6. The normalized spacial score (nSPS) is 13.2. The summed E-state index contributed by atoms with van der Waals surface area (Å²) >= 11 is 0. The first-order valence-electron chi connectivity index (χ1n) is 6.09. The van der Waals surface area contributed by atoms with Crippen LogP contribution in [-0.4, -0.2) is 19.7 Å². The van der Waals surface area contributed by atoms with Crippen LogP contribution in [0.3, 0.4) is 0 Å². The Morgan fingerprint density at radius 2 is 1.95 bits per heavy atom. The predicted octanol–water partition coefficient (Wildman–Crippen LogP) is 1.35. The van der Waals surface area contributed by atoms with Gasteiger partial charge < -0.3 is 0 Å². The molecule has 0 aliphatic carbocycles. The Hall–Kier alpha value is -1.76. The van der Waals surface area contributed by atoms with E-state index in [1.807, 2.05) is 19.1 Å². The van der Waals surface area contributed by atoms with Crippen LogP contribution in [0.25, 0.3) is 0 Å². The molecule has 5 nitrogen and oxygen atoms in total. The van der Waals surface area contributed by atoms with Crippen molar-refractivity contribution in [1.82, 2.24) is 10.4 Å². The van der Waals surface area contributed by atoms with Gasteiger partial charge in [-0.2, -0.15) is 0 Å². The lowest BCUT2D eigenvalue weighted by Crippen LogP contribution is -2.29. The highest BCUT2D eigenvalue weighted by atomic mass is 32.2. The Bertz CT molecular complexity index is 714. The number of sulfone groups is 1. The van der Waals surface area contributed by atoms with Crippen LogP contribution < -0.4 is 11.3 Å². The summed E-state index contributed by atoms with van der Waals surface area (Å²) in [4.78, 5) is 4.41. The highest BCUT2D eigenvalue weighted by Crippen LogP contribution is 2.23. The maximum atomic E-state index is 11.6. The minimum absolute atomic E-state index is 0.274. The van der Waals surface area contributed by atoms with Crippen molar-refractivity contribution >= 4 is 9.84 Å². The number of hydrogen-bond acceptors (Lipinski definition) is 5. The maximum absolute atomic E-state index is 11.6. The van der Waals surface area contributed by atoms with Gasteiger partial charge >= 0.3 is 0 Å². The van der Waals surface area contributed by atoms with E-state index in [1.54, 1.807) is 30.6 Å². The maximum Gasteiger partial charge on any atom is 0.175 e. The molecule has 1 unspecified atom stereocenters. The molecule has 20 heavy (non-hydrogen) atoms. The standard InChI is InChI=1S/C14H17N3O2S/c1-10-6-12(9-16-8-10)14(17-15)11-4-3-5-13(7-11)20(2,18)19/h3-9,14,17H,15H2,1-2H3. The van der Waals surface area contributed by atoms with Crippen molar-refractivity contribution in [3.63, 3.8) is 0 Å². The molecule has 0 amide bonds. The van der Waals surface area contributed by atoms with Crippen LogP contribution in [0.5, 0.6) is 0 Å². The van der Waals surface area contributed by atoms with Gasteiger partial charge in [-0.05, 0) is 35.7 Å². The quantitative estimate of drug-likeness (QED) is 0.656. The van der Waals surface area contributed by atoms with Gasteiger partial charge in [0.25, 0.3) is 0 Å². The summed E-state index contributed by atoms with van der Waals surface area (Å²) in [5.41, 5.74) is 5.39. The Morgan fingerprint density at radius 1 is 1.20 bits per heavy atom. The molecule has 0 aliphatic heterocycles. The zero-order chi connectivity index (χ0) is 14.8. The number of aryl methyl sites for hydroxylation is 1. The number of pyridine rings is 1. The van der Waals surface area contributed by atoms with Gasteiger partial charge in [0.2, 0.25) is 0 Å². The first-order valence-corrected chi connectivity index (χ1v) is 7.98. The van der Waals surface area contributed by atoms with Crippen molar-refractivity contribution in [2.24, 2.45) is 5.84 Å². The SMILES string of the molecule is Cc1cncc(C(NN)c2cccc(S(C)(=O)=O)c2)c1. The predicted molar refractivity (Wildman–Crippen MR) is 77.7 cm³/mol. The smallest absolute Gasteiger partial charge is 0.175 e. The molecule has 1 heterocycles. The minimum Gasteiger partial charge on any atom is -0.271 e. The first-order chi connectivity index (χ1) is 9.41. The van der Waals surface area contributed by atoms with Crippen molar-refractivity contribution in [2.75, 3.05) is 6.26 Å². The van der Waals surface area contributed by atoms with Crippen LogP contribution in [0.1, 0.15) is 22.7 Å². The van der Waals surface area contributed by atoms with Crippen molar-refractivity contribution in [3.05, 3.63) is 59.4 Å². The number of nitrogens with zero attached hydrogens (tertiary/aromatic N) is 1. The van der Waals surface area contributed by atoms with Gasteiger partial charge in [0, 0.05) is 18.6 Å². The molecule has 1 aromatic carbocycles. The zero-order valence-electron chi connectivity index (χ0n) is 11.4. The second kappa shape index (κ2) is 5.70. The molecule has 1 atom stereocenters. The molecule has 0 aliphatic rings. The van der Waals surface area contributed by atoms with Gasteiger partial charge in [0.05, 0.1) is 10.9 Å². The van der Waals surface area contributed by atoms with Crippen LogP contribution in [0.15, 0.2) is 47.6 Å². The third kappa shape index (κ3) is 3.22. The molecule has 0 bridgehead atoms. The van der Waals surface area contributed by atoms with Crippen molar-refractivity contribution < 1.29 is 8.42 Å².